The van der Waals surface area contributed by atoms with Gasteiger partial charge in [0.1, 0.15) is 11.1 Å². The minimum Gasteiger partial charge on any atom is -0.368 e. The van der Waals surface area contributed by atoms with Crippen molar-refractivity contribution in [2.45, 2.75) is 32.9 Å². The number of thiazole rings is 1. The van der Waals surface area contributed by atoms with E-state index in [0.29, 0.717) is 10.9 Å². The highest BCUT2D eigenvalue weighted by Gasteiger charge is 2.26. The summed E-state index contributed by atoms with van der Waals surface area (Å²) in [5.74, 6) is 0.0743. The molecule has 1 aliphatic rings. The first-order valence-corrected chi connectivity index (χ1v) is 6.72. The Morgan fingerprint density at radius 2 is 2.41 bits per heavy atom. The largest absolute Gasteiger partial charge is 0.368 e. The number of Topliss-reactive ketones (excluding diaryl/α,β-unsaturated/α-hetero) is 1. The van der Waals surface area contributed by atoms with Gasteiger partial charge in [-0.05, 0) is 13.8 Å². The zero-order valence-electron chi connectivity index (χ0n) is 10.5. The Hall–Kier alpha value is -0.780. The fraction of sp³-hybridized carbons (Fsp3) is 0.667. The van der Waals surface area contributed by atoms with Crippen molar-refractivity contribution in [2.75, 3.05) is 19.7 Å². The van der Waals surface area contributed by atoms with Crippen LogP contribution in [0.3, 0.4) is 0 Å². The molecule has 1 aromatic rings. The molecule has 0 radical (unpaired) electrons. The van der Waals surface area contributed by atoms with E-state index in [4.69, 9.17) is 4.74 Å². The van der Waals surface area contributed by atoms with Crippen LogP contribution in [-0.4, -0.2) is 41.4 Å². The van der Waals surface area contributed by atoms with Crippen molar-refractivity contribution in [1.82, 2.24) is 9.88 Å². The van der Waals surface area contributed by atoms with Gasteiger partial charge in [0, 0.05) is 32.3 Å². The maximum atomic E-state index is 11.2. The minimum atomic E-state index is 0.0178. The van der Waals surface area contributed by atoms with Gasteiger partial charge >= 0.3 is 0 Å². The predicted octanol–water partition coefficient (Wildman–Crippen LogP) is 2.13. The van der Waals surface area contributed by atoms with Gasteiger partial charge in [-0.1, -0.05) is 0 Å². The maximum Gasteiger partial charge on any atom is 0.171 e. The molecule has 4 nitrogen and oxygen atoms in total. The summed E-state index contributed by atoms with van der Waals surface area (Å²) >= 11 is 1.45. The van der Waals surface area contributed by atoms with Gasteiger partial charge in [0.05, 0.1) is 11.5 Å². The van der Waals surface area contributed by atoms with Crippen molar-refractivity contribution in [3.8, 4) is 0 Å². The molecule has 94 valence electrons. The van der Waals surface area contributed by atoms with Gasteiger partial charge < -0.3 is 4.74 Å². The number of carbonyl (C=O) groups excluding carboxylic acids is 1. The number of hydrogen-bond acceptors (Lipinski definition) is 5. The van der Waals surface area contributed by atoms with E-state index < -0.39 is 0 Å². The van der Waals surface area contributed by atoms with E-state index in [-0.39, 0.29) is 11.9 Å². The number of hydrogen-bond donors (Lipinski definition) is 0. The Bertz CT molecular complexity index is 403. The van der Waals surface area contributed by atoms with Crippen LogP contribution in [0, 0.1) is 0 Å². The van der Waals surface area contributed by atoms with E-state index in [0.717, 1.165) is 24.7 Å². The molecular formula is C12H18N2O2S. The molecule has 1 atom stereocenters. The molecule has 0 aliphatic carbocycles. The number of ether oxygens (including phenoxy) is 1. The molecule has 1 aliphatic heterocycles. The highest BCUT2D eigenvalue weighted by atomic mass is 32.1. The Kier molecular flexibility index (Phi) is 3.91. The topological polar surface area (TPSA) is 42.4 Å². The highest BCUT2D eigenvalue weighted by Crippen LogP contribution is 2.27. The Morgan fingerprint density at radius 3 is 3.00 bits per heavy atom. The Balaban J connectivity index is 2.08. The van der Waals surface area contributed by atoms with Crippen LogP contribution in [0.5, 0.6) is 0 Å². The lowest BCUT2D eigenvalue weighted by atomic mass is 10.2. The van der Waals surface area contributed by atoms with Crippen LogP contribution in [0.15, 0.2) is 6.20 Å². The number of carbonyl (C=O) groups is 1. The zero-order chi connectivity index (χ0) is 12.4. The zero-order valence-corrected chi connectivity index (χ0v) is 11.3. The average molecular weight is 254 g/mol. The normalized spacial score (nSPS) is 22.0. The average Bonchev–Trinajstić information content (AvgIpc) is 2.78. The van der Waals surface area contributed by atoms with E-state index in [9.17, 15) is 4.79 Å². The second-order valence-electron chi connectivity index (χ2n) is 4.57. The second kappa shape index (κ2) is 5.25. The van der Waals surface area contributed by atoms with Gasteiger partial charge in [-0.25, -0.2) is 4.98 Å². The summed E-state index contributed by atoms with van der Waals surface area (Å²) in [6.45, 7) is 8.51. The third-order valence-electron chi connectivity index (χ3n) is 2.97. The number of aromatic nitrogens is 1. The lowest BCUT2D eigenvalue weighted by Gasteiger charge is -2.34. The summed E-state index contributed by atoms with van der Waals surface area (Å²) in [6, 6.07) is 0.522. The van der Waals surface area contributed by atoms with Crippen molar-refractivity contribution in [3.05, 3.63) is 16.1 Å². The number of morpholine rings is 1. The van der Waals surface area contributed by atoms with Crippen molar-refractivity contribution in [1.29, 1.82) is 0 Å². The third-order valence-corrected chi connectivity index (χ3v) is 4.16. The summed E-state index contributed by atoms with van der Waals surface area (Å²) < 4.78 is 5.73. The summed E-state index contributed by atoms with van der Waals surface area (Å²) in [5, 5.41) is 0.917. The lowest BCUT2D eigenvalue weighted by molar-refractivity contribution is -0.0402. The molecule has 0 saturated carbocycles. The quantitative estimate of drug-likeness (QED) is 0.775. The molecule has 0 amide bonds. The van der Waals surface area contributed by atoms with Crippen LogP contribution in [0.25, 0.3) is 0 Å². The first-order chi connectivity index (χ1) is 8.08. The van der Waals surface area contributed by atoms with E-state index in [1.807, 2.05) is 0 Å². The Morgan fingerprint density at radius 1 is 1.65 bits per heavy atom. The molecular weight excluding hydrogens is 236 g/mol. The minimum absolute atomic E-state index is 0.0178. The third kappa shape index (κ3) is 2.91. The van der Waals surface area contributed by atoms with Crippen LogP contribution in [0.4, 0.5) is 0 Å². The molecule has 0 aromatic carbocycles. The molecule has 1 aromatic heterocycles. The van der Waals surface area contributed by atoms with Crippen LogP contribution in [0.2, 0.25) is 0 Å². The summed E-state index contributed by atoms with van der Waals surface area (Å²) in [4.78, 5) is 18.6. The molecule has 0 bridgehead atoms. The first kappa shape index (κ1) is 12.7. The highest BCUT2D eigenvalue weighted by molar-refractivity contribution is 7.13. The van der Waals surface area contributed by atoms with Crippen molar-refractivity contribution < 1.29 is 9.53 Å². The van der Waals surface area contributed by atoms with E-state index in [1.54, 1.807) is 13.1 Å². The van der Waals surface area contributed by atoms with Crippen LogP contribution < -0.4 is 0 Å². The fourth-order valence-corrected chi connectivity index (χ4v) is 2.74. The number of nitrogens with zero attached hydrogens (tertiary/aromatic N) is 2. The van der Waals surface area contributed by atoms with Gasteiger partial charge in [-0.2, -0.15) is 0 Å². The number of ketones is 1. The summed E-state index contributed by atoms with van der Waals surface area (Å²) in [5.41, 5.74) is 0. The van der Waals surface area contributed by atoms with Gasteiger partial charge in [-0.3, -0.25) is 9.69 Å². The molecule has 2 rings (SSSR count). The molecule has 1 fully saturated rings. The van der Waals surface area contributed by atoms with Crippen LogP contribution >= 0.6 is 11.3 Å². The molecule has 1 saturated heterocycles. The maximum absolute atomic E-state index is 11.2. The predicted molar refractivity (Wildman–Crippen MR) is 67.5 cm³/mol. The van der Waals surface area contributed by atoms with E-state index in [1.165, 1.54) is 11.3 Å². The van der Waals surface area contributed by atoms with E-state index >= 15 is 0 Å². The van der Waals surface area contributed by atoms with Gasteiger partial charge in [0.2, 0.25) is 0 Å². The van der Waals surface area contributed by atoms with Crippen LogP contribution in [0.1, 0.15) is 41.6 Å². The summed E-state index contributed by atoms with van der Waals surface area (Å²) in [7, 11) is 0. The van der Waals surface area contributed by atoms with Gasteiger partial charge in [0.15, 0.2) is 5.78 Å². The SMILES string of the molecule is CC(=O)c1cnc(C2CN(C(C)C)CCO2)s1. The lowest BCUT2D eigenvalue weighted by Crippen LogP contribution is -2.42. The molecule has 5 heteroatoms. The molecule has 0 N–H and O–H groups in total. The monoisotopic (exact) mass is 254 g/mol. The van der Waals surface area contributed by atoms with Crippen LogP contribution in [-0.2, 0) is 4.74 Å². The molecule has 1 unspecified atom stereocenters. The van der Waals surface area contributed by atoms with Crippen molar-refractivity contribution in [3.63, 3.8) is 0 Å². The molecule has 0 spiro atoms. The van der Waals surface area contributed by atoms with Crippen molar-refractivity contribution in [2.24, 2.45) is 0 Å². The van der Waals surface area contributed by atoms with Gasteiger partial charge in [0.25, 0.3) is 0 Å². The fourth-order valence-electron chi connectivity index (χ4n) is 1.89. The molecule has 2 heterocycles. The number of rotatable bonds is 3. The van der Waals surface area contributed by atoms with Crippen molar-refractivity contribution >= 4 is 17.1 Å². The van der Waals surface area contributed by atoms with Gasteiger partial charge in [-0.15, -0.1) is 11.3 Å². The smallest absolute Gasteiger partial charge is 0.171 e. The van der Waals surface area contributed by atoms with E-state index in [2.05, 4.69) is 23.7 Å². The molecule has 17 heavy (non-hydrogen) atoms. The second-order valence-corrected chi connectivity index (χ2v) is 5.63. The standard InChI is InChI=1S/C12H18N2O2S/c1-8(2)14-4-5-16-10(7-14)12-13-6-11(17-12)9(3)15/h6,8,10H,4-5,7H2,1-3H3. The first-order valence-electron chi connectivity index (χ1n) is 5.90. The summed E-state index contributed by atoms with van der Waals surface area (Å²) in [6.07, 6.45) is 1.67. The Labute approximate surface area is 106 Å².